The third kappa shape index (κ3) is 6.66. The van der Waals surface area contributed by atoms with Gasteiger partial charge < -0.3 is 35.0 Å². The van der Waals surface area contributed by atoms with Crippen LogP contribution >= 0.6 is 34.7 Å². The van der Waals surface area contributed by atoms with Crippen LogP contribution in [0.2, 0.25) is 0 Å². The van der Waals surface area contributed by atoms with Crippen molar-refractivity contribution in [1.82, 2.24) is 9.55 Å². The summed E-state index contributed by atoms with van der Waals surface area (Å²) in [6.45, 7) is -5.84. The lowest BCUT2D eigenvalue weighted by molar-refractivity contribution is -0.244. The number of phosphoric acid groups is 2. The van der Waals surface area contributed by atoms with Crippen molar-refractivity contribution >= 4 is 34.7 Å². The topological polar surface area (TPSA) is 259 Å². The number of methoxy groups -OCH3 is 1. The normalized spacial score (nSPS) is 30.6. The summed E-state index contributed by atoms with van der Waals surface area (Å²) < 4.78 is 58.0. The molecule has 178 valence electrons. The highest BCUT2D eigenvalue weighted by Crippen LogP contribution is 2.69. The van der Waals surface area contributed by atoms with Crippen LogP contribution < -0.4 is 17.0 Å². The van der Waals surface area contributed by atoms with E-state index in [-0.39, 0.29) is 0 Å². The van der Waals surface area contributed by atoms with Crippen LogP contribution in [0.3, 0.4) is 0 Å². The molecule has 2 heterocycles. The Labute approximate surface area is 177 Å². The summed E-state index contributed by atoms with van der Waals surface area (Å²) in [5, 5.41) is 10.4. The molecule has 2 unspecified atom stereocenters. The fraction of sp³-hybridized carbons (Fsp3) is 0.600. The molecule has 1 aromatic heterocycles. The lowest BCUT2D eigenvalue weighted by atomic mass is 10.1. The number of nitrogens with two attached hydrogens (primary N) is 1. The van der Waals surface area contributed by atoms with Gasteiger partial charge in [-0.05, 0) is 0 Å². The molecule has 0 spiro atoms. The first-order valence-corrected chi connectivity index (χ1v) is 13.5. The second kappa shape index (κ2) is 9.29. The Hall–Kier alpha value is -0.680. The quantitative estimate of drug-likeness (QED) is 0.140. The monoisotopic (exact) mass is 529 g/mol. The Morgan fingerprint density at radius 1 is 1.29 bits per heavy atom. The van der Waals surface area contributed by atoms with Crippen LogP contribution in [0.25, 0.3) is 0 Å². The molecular formula is C10H18N3O14P3S. The van der Waals surface area contributed by atoms with Crippen molar-refractivity contribution in [1.29, 1.82) is 0 Å². The summed E-state index contributed by atoms with van der Waals surface area (Å²) in [6.07, 6.45) is -2.14. The Morgan fingerprint density at radius 3 is 2.42 bits per heavy atom. The zero-order chi connectivity index (χ0) is 23.8. The molecule has 0 bridgehead atoms. The fourth-order valence-corrected chi connectivity index (χ4v) is 6.53. The highest BCUT2D eigenvalue weighted by atomic mass is 32.7. The summed E-state index contributed by atoms with van der Waals surface area (Å²) in [7, 11) is -10.1. The number of hydrogen-bond acceptors (Lipinski definition) is 12. The van der Waals surface area contributed by atoms with Gasteiger partial charge in [-0.15, -0.1) is 0 Å². The molecule has 0 aromatic carbocycles. The van der Waals surface area contributed by atoms with Crippen LogP contribution in [0.1, 0.15) is 6.23 Å². The van der Waals surface area contributed by atoms with Gasteiger partial charge in [0.05, 0.1) is 6.04 Å². The van der Waals surface area contributed by atoms with Crippen LogP contribution in [-0.2, 0) is 36.3 Å². The summed E-state index contributed by atoms with van der Waals surface area (Å²) >= 11 is 3.39. The summed E-state index contributed by atoms with van der Waals surface area (Å²) in [5.74, 6) is -2.12. The molecule has 1 saturated heterocycles. The molecule has 6 atom stereocenters. The molecule has 7 N–H and O–H groups in total. The minimum Gasteiger partial charge on any atom is -0.387 e. The number of nitrogens with zero attached hydrogens (tertiary/aromatic N) is 1. The van der Waals surface area contributed by atoms with Gasteiger partial charge in [0.2, 0.25) is 5.79 Å². The van der Waals surface area contributed by atoms with Crippen molar-refractivity contribution < 1.29 is 56.1 Å². The van der Waals surface area contributed by atoms with Gasteiger partial charge in [-0.25, -0.2) is 18.5 Å². The fourth-order valence-electron chi connectivity index (χ4n) is 2.49. The van der Waals surface area contributed by atoms with Gasteiger partial charge in [-0.2, -0.15) is 8.62 Å². The number of aromatic amines is 1. The second-order valence-electron chi connectivity index (χ2n) is 5.92. The first kappa shape index (κ1) is 26.6. The van der Waals surface area contributed by atoms with E-state index < -0.39 is 64.5 Å². The standard InChI is InChI=1S/C10H18N3O14P3S/c1-23-10(4-24-30(22,31)27-29(20,21)26-28(17,18)19)7(11)6(15)8(25-10)13-3-2-5(14)12-9(13)16/h2-3,6-8,15H,4,11H2,1H3,(H,20,21)(H,22,31)(H,12,14,16)(H2,17,18,19)/t6-,7+,8-,10-,30?/m1/s1. The molecule has 31 heavy (non-hydrogen) atoms. The van der Waals surface area contributed by atoms with E-state index in [1.54, 1.807) is 0 Å². The molecule has 1 aliphatic heterocycles. The molecule has 1 aliphatic rings. The summed E-state index contributed by atoms with van der Waals surface area (Å²) in [6, 6.07) is -0.510. The van der Waals surface area contributed by atoms with E-state index in [1.165, 1.54) is 0 Å². The van der Waals surface area contributed by atoms with E-state index in [0.29, 0.717) is 0 Å². The minimum atomic E-state index is -5.60. The number of nitrogens with one attached hydrogen (secondary N) is 1. The number of rotatable bonds is 9. The van der Waals surface area contributed by atoms with E-state index in [0.717, 1.165) is 23.9 Å². The lowest BCUT2D eigenvalue weighted by Gasteiger charge is -2.31. The zero-order valence-corrected chi connectivity index (χ0v) is 18.9. The molecule has 17 nitrogen and oxygen atoms in total. The van der Waals surface area contributed by atoms with Gasteiger partial charge in [0, 0.05) is 19.4 Å². The maximum atomic E-state index is 12.2. The molecule has 0 amide bonds. The maximum absolute atomic E-state index is 12.2. The summed E-state index contributed by atoms with van der Waals surface area (Å²) in [5.41, 5.74) is 4.17. The van der Waals surface area contributed by atoms with E-state index in [4.69, 9.17) is 29.5 Å². The van der Waals surface area contributed by atoms with Crippen molar-refractivity contribution in [3.8, 4) is 0 Å². The van der Waals surface area contributed by atoms with Gasteiger partial charge in [0.15, 0.2) is 6.23 Å². The van der Waals surface area contributed by atoms with E-state index >= 15 is 0 Å². The predicted molar refractivity (Wildman–Crippen MR) is 102 cm³/mol. The molecule has 0 saturated carbocycles. The van der Waals surface area contributed by atoms with Crippen molar-refractivity contribution in [2.45, 2.75) is 24.2 Å². The number of aliphatic hydroxyl groups is 1. The van der Waals surface area contributed by atoms with Crippen LogP contribution in [-0.4, -0.2) is 61.0 Å². The Bertz CT molecular complexity index is 1070. The molecule has 0 aliphatic carbocycles. The van der Waals surface area contributed by atoms with E-state index in [2.05, 4.69) is 20.9 Å². The molecule has 0 radical (unpaired) electrons. The molecule has 1 fully saturated rings. The van der Waals surface area contributed by atoms with Crippen molar-refractivity contribution in [3.05, 3.63) is 33.1 Å². The average Bonchev–Trinajstić information content (AvgIpc) is 2.82. The number of aliphatic hydroxyl groups excluding tert-OH is 1. The van der Waals surface area contributed by atoms with Gasteiger partial charge in [-0.3, -0.25) is 18.9 Å². The SMILES string of the molecule is CO[C@]1(COP(=O)(S)OP(=O)(O)OP(=O)(O)O)O[C@@H](n2ccc(=O)[nH]c2=O)[C@H](O)[C@@H]1N. The highest BCUT2D eigenvalue weighted by molar-refractivity contribution is 8.45. The van der Waals surface area contributed by atoms with Crippen LogP contribution in [0.15, 0.2) is 21.9 Å². The number of H-pyrrole nitrogens is 1. The highest BCUT2D eigenvalue weighted by Gasteiger charge is 2.56. The molecule has 2 rings (SSSR count). The van der Waals surface area contributed by atoms with Crippen LogP contribution in [0, 0.1) is 0 Å². The third-order valence-corrected chi connectivity index (χ3v) is 8.59. The smallest absolute Gasteiger partial charge is 0.387 e. The maximum Gasteiger partial charge on any atom is 0.488 e. The van der Waals surface area contributed by atoms with E-state index in [9.17, 15) is 33.3 Å². The zero-order valence-electron chi connectivity index (χ0n) is 15.3. The third-order valence-electron chi connectivity index (χ3n) is 3.80. The van der Waals surface area contributed by atoms with Gasteiger partial charge in [0.25, 0.3) is 5.56 Å². The van der Waals surface area contributed by atoms with Gasteiger partial charge in [-0.1, -0.05) is 12.2 Å². The summed E-state index contributed by atoms with van der Waals surface area (Å²) in [4.78, 5) is 51.5. The Balaban J connectivity index is 2.21. The number of thiol groups is 1. The number of hydrogen-bond donors (Lipinski definition) is 7. The predicted octanol–water partition coefficient (Wildman–Crippen LogP) is -1.62. The minimum absolute atomic E-state index is 0.724. The first-order valence-electron chi connectivity index (χ1n) is 7.77. The Morgan fingerprint density at radius 2 is 1.90 bits per heavy atom. The first-order chi connectivity index (χ1) is 14.0. The second-order valence-corrected chi connectivity index (χ2v) is 11.8. The number of aromatic nitrogens is 2. The van der Waals surface area contributed by atoms with Crippen LogP contribution in [0.4, 0.5) is 0 Å². The largest absolute Gasteiger partial charge is 0.488 e. The molecular weight excluding hydrogens is 511 g/mol. The average molecular weight is 529 g/mol. The number of ether oxygens (including phenoxy) is 2. The van der Waals surface area contributed by atoms with Gasteiger partial charge in [0.1, 0.15) is 12.7 Å². The molecule has 1 aromatic rings. The van der Waals surface area contributed by atoms with Crippen LogP contribution in [0.5, 0.6) is 0 Å². The lowest BCUT2D eigenvalue weighted by Crippen LogP contribution is -2.53. The Kier molecular flexibility index (Phi) is 7.96. The van der Waals surface area contributed by atoms with Crippen molar-refractivity contribution in [2.75, 3.05) is 13.7 Å². The van der Waals surface area contributed by atoms with E-state index in [1.807, 2.05) is 4.98 Å². The van der Waals surface area contributed by atoms with Crippen molar-refractivity contribution in [3.63, 3.8) is 0 Å². The van der Waals surface area contributed by atoms with Crippen molar-refractivity contribution in [2.24, 2.45) is 5.73 Å². The molecule has 21 heteroatoms. The van der Waals surface area contributed by atoms with Gasteiger partial charge >= 0.3 is 28.1 Å².